The topological polar surface area (TPSA) is 108 Å². The summed E-state index contributed by atoms with van der Waals surface area (Å²) in [5.41, 5.74) is 11.4. The fraction of sp³-hybridized carbons (Fsp3) is 0.500. The van der Waals surface area contributed by atoms with Gasteiger partial charge in [0, 0.05) is 20.2 Å². The Morgan fingerprint density at radius 1 is 1.35 bits per heavy atom. The maximum Gasteiger partial charge on any atom is 0.343 e. The van der Waals surface area contributed by atoms with Gasteiger partial charge in [-0.25, -0.2) is 4.79 Å². The molecule has 0 saturated heterocycles. The van der Waals surface area contributed by atoms with Crippen molar-refractivity contribution in [3.63, 3.8) is 0 Å². The average molecular weight is 301 g/mol. The molecule has 4 N–H and O–H groups in total. The monoisotopic (exact) mass is 301 g/mol. The fourth-order valence-corrected chi connectivity index (χ4v) is 2.89. The van der Waals surface area contributed by atoms with Crippen LogP contribution in [0.4, 0.5) is 10.7 Å². The molecule has 0 spiro atoms. The number of hydrogen-bond acceptors (Lipinski definition) is 7. The Labute approximate surface area is 121 Å². The molecule has 0 aliphatic heterocycles. The molecule has 0 fully saturated rings. The van der Waals surface area contributed by atoms with Gasteiger partial charge in [0.05, 0.1) is 19.4 Å². The third kappa shape index (κ3) is 3.20. The molecule has 20 heavy (non-hydrogen) atoms. The highest BCUT2D eigenvalue weighted by Crippen LogP contribution is 2.38. The summed E-state index contributed by atoms with van der Waals surface area (Å²) in [5, 5.41) is 0.572. The van der Waals surface area contributed by atoms with Gasteiger partial charge >= 0.3 is 5.97 Å². The van der Waals surface area contributed by atoms with Gasteiger partial charge in [0.25, 0.3) is 5.91 Å². The zero-order valence-corrected chi connectivity index (χ0v) is 12.6. The summed E-state index contributed by atoms with van der Waals surface area (Å²) in [4.78, 5) is 25.3. The van der Waals surface area contributed by atoms with Crippen LogP contribution in [0.25, 0.3) is 0 Å². The second-order valence-electron chi connectivity index (χ2n) is 3.95. The highest BCUT2D eigenvalue weighted by Gasteiger charge is 2.27. The van der Waals surface area contributed by atoms with Crippen LogP contribution in [0.2, 0.25) is 0 Å². The molecule has 0 atom stereocenters. The summed E-state index contributed by atoms with van der Waals surface area (Å²) in [5.74, 6) is -1.25. The molecule has 1 amide bonds. The zero-order chi connectivity index (χ0) is 15.3. The number of methoxy groups -OCH3 is 2. The normalized spacial score (nSPS) is 10.3. The number of carbonyl (C=O) groups excluding carboxylic acids is 2. The van der Waals surface area contributed by atoms with Crippen LogP contribution in [0.5, 0.6) is 0 Å². The second kappa shape index (κ2) is 7.11. The molecular formula is C12H19N3O4S. The molecule has 1 rings (SSSR count). The van der Waals surface area contributed by atoms with Gasteiger partial charge in [0.1, 0.15) is 15.4 Å². The summed E-state index contributed by atoms with van der Waals surface area (Å²) in [6, 6.07) is 0. The van der Waals surface area contributed by atoms with E-state index in [2.05, 4.69) is 0 Å². The van der Waals surface area contributed by atoms with Crippen molar-refractivity contribution in [1.82, 2.24) is 0 Å². The van der Waals surface area contributed by atoms with Crippen LogP contribution < -0.4 is 16.4 Å². The van der Waals surface area contributed by atoms with E-state index in [0.717, 1.165) is 11.3 Å². The predicted molar refractivity (Wildman–Crippen MR) is 78.4 cm³/mol. The molecule has 8 heteroatoms. The molecule has 0 radical (unpaired) electrons. The number of nitrogen functional groups attached to an aromatic ring is 1. The van der Waals surface area contributed by atoms with Crippen molar-refractivity contribution in [2.24, 2.45) is 5.73 Å². The number of nitrogens with zero attached hydrogens (tertiary/aromatic N) is 1. The lowest BCUT2D eigenvalue weighted by atomic mass is 10.2. The Kier molecular flexibility index (Phi) is 5.78. The molecule has 112 valence electrons. The average Bonchev–Trinajstić information content (AvgIpc) is 2.77. The first-order valence-corrected chi connectivity index (χ1v) is 6.83. The van der Waals surface area contributed by atoms with Crippen molar-refractivity contribution in [2.45, 2.75) is 6.92 Å². The number of hydrogen-bond donors (Lipinski definition) is 2. The van der Waals surface area contributed by atoms with Gasteiger partial charge in [-0.1, -0.05) is 0 Å². The Balaban J connectivity index is 3.31. The van der Waals surface area contributed by atoms with Crippen LogP contribution in [0, 0.1) is 0 Å². The highest BCUT2D eigenvalue weighted by molar-refractivity contribution is 7.19. The van der Waals surface area contributed by atoms with Crippen molar-refractivity contribution < 1.29 is 19.1 Å². The number of carbonyl (C=O) groups is 2. The summed E-state index contributed by atoms with van der Waals surface area (Å²) >= 11 is 1.09. The fourth-order valence-electron chi connectivity index (χ4n) is 1.74. The quantitative estimate of drug-likeness (QED) is 0.717. The third-order valence-corrected chi connectivity index (χ3v) is 4.06. The van der Waals surface area contributed by atoms with Crippen molar-refractivity contribution in [2.75, 3.05) is 44.5 Å². The number of primary amides is 1. The van der Waals surface area contributed by atoms with Crippen LogP contribution >= 0.6 is 11.3 Å². The number of rotatable bonds is 7. The van der Waals surface area contributed by atoms with Gasteiger partial charge in [0.2, 0.25) is 0 Å². The number of thiophene rings is 1. The van der Waals surface area contributed by atoms with Crippen LogP contribution in [-0.4, -0.2) is 45.8 Å². The molecule has 0 aliphatic carbocycles. The minimum atomic E-state index is -0.660. The number of anilines is 2. The number of ether oxygens (including phenoxy) is 2. The predicted octanol–water partition coefficient (Wildman–Crippen LogP) is 0.689. The van der Waals surface area contributed by atoms with Crippen molar-refractivity contribution in [3.05, 3.63) is 10.4 Å². The summed E-state index contributed by atoms with van der Waals surface area (Å²) in [6.45, 7) is 3.61. The lowest BCUT2D eigenvalue weighted by molar-refractivity contribution is 0.0603. The molecule has 1 aromatic heterocycles. The standard InChI is InChI=1S/C12H19N3O4S/c1-4-15(5-6-18-2)11-7(12(17)19-3)8(13)9(20-11)10(14)16/h4-6,13H2,1-3H3,(H2,14,16). The van der Waals surface area contributed by atoms with Gasteiger partial charge in [-0.05, 0) is 6.92 Å². The van der Waals surface area contributed by atoms with Crippen LogP contribution in [-0.2, 0) is 9.47 Å². The molecule has 7 nitrogen and oxygen atoms in total. The van der Waals surface area contributed by atoms with E-state index >= 15 is 0 Å². The van der Waals surface area contributed by atoms with Crippen LogP contribution in [0.15, 0.2) is 0 Å². The molecule has 1 heterocycles. The smallest absolute Gasteiger partial charge is 0.343 e. The molecule has 0 unspecified atom stereocenters. The van der Waals surface area contributed by atoms with E-state index in [0.29, 0.717) is 24.7 Å². The maximum atomic E-state index is 11.9. The van der Waals surface area contributed by atoms with E-state index in [-0.39, 0.29) is 16.1 Å². The van der Waals surface area contributed by atoms with E-state index in [1.807, 2.05) is 11.8 Å². The largest absolute Gasteiger partial charge is 0.465 e. The van der Waals surface area contributed by atoms with E-state index < -0.39 is 11.9 Å². The lowest BCUT2D eigenvalue weighted by Crippen LogP contribution is -2.27. The first-order chi connectivity index (χ1) is 9.47. The van der Waals surface area contributed by atoms with Gasteiger partial charge in [-0.15, -0.1) is 11.3 Å². The Morgan fingerprint density at radius 2 is 2.00 bits per heavy atom. The Hall–Kier alpha value is -1.80. The maximum absolute atomic E-state index is 11.9. The SMILES string of the molecule is CCN(CCOC)c1sc(C(N)=O)c(N)c1C(=O)OC. The summed E-state index contributed by atoms with van der Waals surface area (Å²) < 4.78 is 9.76. The first kappa shape index (κ1) is 16.3. The Morgan fingerprint density at radius 3 is 2.45 bits per heavy atom. The van der Waals surface area contributed by atoms with Gasteiger partial charge in [0.15, 0.2) is 0 Å². The molecule has 1 aromatic rings. The Bertz CT molecular complexity index is 501. The highest BCUT2D eigenvalue weighted by atomic mass is 32.1. The molecule has 0 aromatic carbocycles. The van der Waals surface area contributed by atoms with Crippen LogP contribution in [0.3, 0.4) is 0 Å². The van der Waals surface area contributed by atoms with E-state index in [1.165, 1.54) is 7.11 Å². The number of amides is 1. The molecule has 0 bridgehead atoms. The summed E-state index contributed by atoms with van der Waals surface area (Å²) in [6.07, 6.45) is 0. The van der Waals surface area contributed by atoms with E-state index in [9.17, 15) is 9.59 Å². The number of likely N-dealkylation sites (N-methyl/N-ethyl adjacent to an activating group) is 1. The van der Waals surface area contributed by atoms with E-state index in [1.54, 1.807) is 7.11 Å². The lowest BCUT2D eigenvalue weighted by Gasteiger charge is -2.21. The minimum absolute atomic E-state index is 0.0696. The molecule has 0 saturated carbocycles. The van der Waals surface area contributed by atoms with Crippen molar-refractivity contribution in [1.29, 1.82) is 0 Å². The van der Waals surface area contributed by atoms with Crippen molar-refractivity contribution in [3.8, 4) is 0 Å². The second-order valence-corrected chi connectivity index (χ2v) is 4.95. The first-order valence-electron chi connectivity index (χ1n) is 6.02. The van der Waals surface area contributed by atoms with Gasteiger partial charge < -0.3 is 25.8 Å². The number of esters is 1. The number of nitrogens with two attached hydrogens (primary N) is 2. The summed E-state index contributed by atoms with van der Waals surface area (Å²) in [7, 11) is 2.85. The molecule has 0 aliphatic rings. The zero-order valence-electron chi connectivity index (χ0n) is 11.8. The minimum Gasteiger partial charge on any atom is -0.465 e. The van der Waals surface area contributed by atoms with Gasteiger partial charge in [-0.3, -0.25) is 4.79 Å². The van der Waals surface area contributed by atoms with Crippen LogP contribution in [0.1, 0.15) is 27.0 Å². The van der Waals surface area contributed by atoms with Crippen molar-refractivity contribution >= 4 is 33.9 Å². The van der Waals surface area contributed by atoms with E-state index in [4.69, 9.17) is 20.9 Å². The third-order valence-electron chi connectivity index (χ3n) is 2.77. The molecular weight excluding hydrogens is 282 g/mol. The van der Waals surface area contributed by atoms with Gasteiger partial charge in [-0.2, -0.15) is 0 Å².